The van der Waals surface area contributed by atoms with Crippen molar-refractivity contribution in [1.29, 1.82) is 0 Å². The van der Waals surface area contributed by atoms with E-state index in [-0.39, 0.29) is 6.10 Å². The summed E-state index contributed by atoms with van der Waals surface area (Å²) in [5.74, 6) is 0. The number of hydrogen-bond donors (Lipinski definition) is 3. The molecule has 1 unspecified atom stereocenters. The van der Waals surface area contributed by atoms with Crippen molar-refractivity contribution >= 4 is 5.69 Å². The summed E-state index contributed by atoms with van der Waals surface area (Å²) < 4.78 is 0. The zero-order valence-electron chi connectivity index (χ0n) is 13.4. The van der Waals surface area contributed by atoms with Gasteiger partial charge < -0.3 is 16.2 Å². The van der Waals surface area contributed by atoms with Crippen LogP contribution in [-0.2, 0) is 6.42 Å². The van der Waals surface area contributed by atoms with Gasteiger partial charge in [0.2, 0.25) is 0 Å². The van der Waals surface area contributed by atoms with Gasteiger partial charge in [-0.2, -0.15) is 0 Å². The fourth-order valence-electron chi connectivity index (χ4n) is 1.74. The van der Waals surface area contributed by atoms with Crippen molar-refractivity contribution in [3.63, 3.8) is 0 Å². The fourth-order valence-corrected chi connectivity index (χ4v) is 1.74. The Morgan fingerprint density at radius 3 is 2.45 bits per heavy atom. The molecule has 0 aliphatic heterocycles. The van der Waals surface area contributed by atoms with Gasteiger partial charge >= 0.3 is 0 Å². The largest absolute Gasteiger partial charge is 0.399 e. The molecule has 116 valence electrons. The van der Waals surface area contributed by atoms with Crippen LogP contribution in [0, 0.1) is 0 Å². The Morgan fingerprint density at radius 1 is 1.20 bits per heavy atom. The highest BCUT2D eigenvalue weighted by Gasteiger charge is 1.92. The van der Waals surface area contributed by atoms with Crippen LogP contribution in [0.2, 0.25) is 0 Å². The van der Waals surface area contributed by atoms with Gasteiger partial charge in [0, 0.05) is 12.2 Å². The molecule has 0 radical (unpaired) electrons. The van der Waals surface area contributed by atoms with Crippen molar-refractivity contribution in [3.05, 3.63) is 29.8 Å². The van der Waals surface area contributed by atoms with Crippen LogP contribution in [0.25, 0.3) is 0 Å². The Hall–Kier alpha value is -1.06. The van der Waals surface area contributed by atoms with Crippen molar-refractivity contribution < 1.29 is 5.11 Å². The average Bonchev–Trinajstić information content (AvgIpc) is 2.42. The van der Waals surface area contributed by atoms with Gasteiger partial charge in [0.1, 0.15) is 0 Å². The quantitative estimate of drug-likeness (QED) is 0.505. The van der Waals surface area contributed by atoms with Crippen molar-refractivity contribution in [2.45, 2.75) is 59.0 Å². The van der Waals surface area contributed by atoms with Crippen LogP contribution in [0.4, 0.5) is 5.69 Å². The summed E-state index contributed by atoms with van der Waals surface area (Å²) in [6.07, 6.45) is 5.86. The first kappa shape index (κ1) is 18.9. The van der Waals surface area contributed by atoms with Crippen LogP contribution in [0.1, 0.15) is 52.0 Å². The second-order valence-electron chi connectivity index (χ2n) is 5.26. The first-order valence-electron chi connectivity index (χ1n) is 7.83. The molecule has 1 rings (SSSR count). The minimum absolute atomic E-state index is 0.207. The van der Waals surface area contributed by atoms with E-state index in [1.807, 2.05) is 12.1 Å². The summed E-state index contributed by atoms with van der Waals surface area (Å²) in [6.45, 7) is 7.90. The van der Waals surface area contributed by atoms with Crippen LogP contribution in [0.3, 0.4) is 0 Å². The number of nitrogen functional groups attached to an aromatic ring is 1. The molecule has 3 nitrogen and oxygen atoms in total. The van der Waals surface area contributed by atoms with Gasteiger partial charge in [0.25, 0.3) is 0 Å². The lowest BCUT2D eigenvalue weighted by atomic mass is 10.1. The molecule has 0 saturated heterocycles. The van der Waals surface area contributed by atoms with Gasteiger partial charge in [-0.25, -0.2) is 0 Å². The van der Waals surface area contributed by atoms with Gasteiger partial charge in [0.15, 0.2) is 0 Å². The third kappa shape index (κ3) is 12.0. The maximum atomic E-state index is 8.79. The minimum Gasteiger partial charge on any atom is -0.399 e. The predicted molar refractivity (Wildman–Crippen MR) is 88.9 cm³/mol. The van der Waals surface area contributed by atoms with Crippen LogP contribution in [-0.4, -0.2) is 24.3 Å². The predicted octanol–water partition coefficient (Wildman–Crippen LogP) is 3.37. The highest BCUT2D eigenvalue weighted by molar-refractivity contribution is 5.40. The van der Waals surface area contributed by atoms with Gasteiger partial charge in [-0.15, -0.1) is 0 Å². The summed E-state index contributed by atoms with van der Waals surface area (Å²) in [6, 6.07) is 8.12. The van der Waals surface area contributed by atoms with Gasteiger partial charge in [-0.3, -0.25) is 0 Å². The second kappa shape index (κ2) is 12.9. The van der Waals surface area contributed by atoms with Gasteiger partial charge in [-0.05, 0) is 50.4 Å². The van der Waals surface area contributed by atoms with E-state index in [9.17, 15) is 0 Å². The molecule has 0 spiro atoms. The third-order valence-electron chi connectivity index (χ3n) is 2.92. The molecular formula is C17H32N2O. The van der Waals surface area contributed by atoms with Crippen molar-refractivity contribution in [1.82, 2.24) is 5.32 Å². The molecule has 0 aliphatic carbocycles. The molecule has 0 aromatic heterocycles. The summed E-state index contributed by atoms with van der Waals surface area (Å²) in [7, 11) is 0. The lowest BCUT2D eigenvalue weighted by Gasteiger charge is -2.04. The van der Waals surface area contributed by atoms with Crippen LogP contribution in [0.15, 0.2) is 24.3 Å². The lowest BCUT2D eigenvalue weighted by molar-refractivity contribution is 0.191. The lowest BCUT2D eigenvalue weighted by Crippen LogP contribution is -2.25. The van der Waals surface area contributed by atoms with Crippen LogP contribution in [0.5, 0.6) is 0 Å². The molecule has 1 aromatic carbocycles. The molecule has 0 saturated carbocycles. The number of rotatable bonds is 8. The third-order valence-corrected chi connectivity index (χ3v) is 2.92. The topological polar surface area (TPSA) is 58.3 Å². The highest BCUT2D eigenvalue weighted by atomic mass is 16.3. The number of nitrogens with one attached hydrogen (secondary N) is 1. The zero-order valence-corrected chi connectivity index (χ0v) is 13.4. The molecule has 1 aromatic rings. The Balaban J connectivity index is 0.000000370. The maximum Gasteiger partial charge on any atom is 0.0636 e. The van der Waals surface area contributed by atoms with E-state index in [0.29, 0.717) is 0 Å². The molecule has 0 amide bonds. The van der Waals surface area contributed by atoms with E-state index in [1.54, 1.807) is 6.92 Å². The first-order chi connectivity index (χ1) is 9.60. The van der Waals surface area contributed by atoms with Crippen LogP contribution < -0.4 is 11.1 Å². The van der Waals surface area contributed by atoms with Crippen molar-refractivity contribution in [3.8, 4) is 0 Å². The highest BCUT2D eigenvalue weighted by Crippen LogP contribution is 2.09. The van der Waals surface area contributed by atoms with E-state index in [0.717, 1.165) is 25.2 Å². The average molecular weight is 280 g/mol. The number of unbranched alkanes of at least 4 members (excludes halogenated alkanes) is 2. The summed E-state index contributed by atoms with van der Waals surface area (Å²) >= 11 is 0. The Labute approximate surface area is 124 Å². The Bertz CT molecular complexity index is 327. The number of nitrogens with two attached hydrogens (primary N) is 1. The van der Waals surface area contributed by atoms with Gasteiger partial charge in [-0.1, -0.05) is 38.8 Å². The van der Waals surface area contributed by atoms with Crippen molar-refractivity contribution in [2.75, 3.05) is 18.8 Å². The van der Waals surface area contributed by atoms with E-state index in [1.165, 1.54) is 31.2 Å². The number of aliphatic hydroxyl groups is 1. The zero-order chi connectivity index (χ0) is 15.2. The molecule has 0 bridgehead atoms. The van der Waals surface area contributed by atoms with E-state index in [4.69, 9.17) is 10.8 Å². The molecule has 20 heavy (non-hydrogen) atoms. The second-order valence-corrected chi connectivity index (χ2v) is 5.26. The number of anilines is 1. The molecule has 3 heteroatoms. The normalized spacial score (nSPS) is 11.6. The Kier molecular flexibility index (Phi) is 12.3. The summed E-state index contributed by atoms with van der Waals surface area (Å²) in [4.78, 5) is 0. The summed E-state index contributed by atoms with van der Waals surface area (Å²) in [5.41, 5.74) is 7.86. The first-order valence-corrected chi connectivity index (χ1v) is 7.83. The van der Waals surface area contributed by atoms with Crippen LogP contribution >= 0.6 is 0 Å². The smallest absolute Gasteiger partial charge is 0.0636 e. The summed E-state index contributed by atoms with van der Waals surface area (Å²) in [5, 5.41) is 11.9. The van der Waals surface area contributed by atoms with E-state index < -0.39 is 0 Å². The minimum atomic E-state index is -0.207. The van der Waals surface area contributed by atoms with E-state index >= 15 is 0 Å². The number of hydrogen-bond acceptors (Lipinski definition) is 3. The fraction of sp³-hybridized carbons (Fsp3) is 0.647. The molecule has 1 atom stereocenters. The maximum absolute atomic E-state index is 8.79. The SMILES string of the molecule is CCCCNCC(C)O.CCCCc1cccc(N)c1. The number of aliphatic hydroxyl groups excluding tert-OH is 1. The van der Waals surface area contributed by atoms with Gasteiger partial charge in [0.05, 0.1) is 6.10 Å². The molecule has 0 aliphatic rings. The van der Waals surface area contributed by atoms with Crippen molar-refractivity contribution in [2.24, 2.45) is 0 Å². The monoisotopic (exact) mass is 280 g/mol. The van der Waals surface area contributed by atoms with E-state index in [2.05, 4.69) is 31.3 Å². The molecule has 0 heterocycles. The molecular weight excluding hydrogens is 248 g/mol. The standard InChI is InChI=1S/C10H15N.C7H17NO/c1-2-3-5-9-6-4-7-10(11)8-9;1-3-4-5-8-6-7(2)9/h4,6-8H,2-3,5,11H2,1H3;7-9H,3-6H2,1-2H3. The Morgan fingerprint density at radius 2 is 1.90 bits per heavy atom. The molecule has 0 fully saturated rings. The number of benzene rings is 1. The number of aryl methyl sites for hydroxylation is 1. The molecule has 4 N–H and O–H groups in total.